The number of nitriles is 1. The molecule has 0 N–H and O–H groups in total. The number of carbonyl (C=O) groups is 2. The van der Waals surface area contributed by atoms with E-state index in [2.05, 4.69) is 9.73 Å². The molecule has 8 heteroatoms. The highest BCUT2D eigenvalue weighted by Crippen LogP contribution is 2.33. The highest BCUT2D eigenvalue weighted by Gasteiger charge is 2.30. The maximum Gasteiger partial charge on any atom is 0.337 e. The molecular formula is C21H17N3O4S. The molecule has 0 aliphatic carbocycles. The van der Waals surface area contributed by atoms with Gasteiger partial charge in [-0.2, -0.15) is 5.26 Å². The number of rotatable bonds is 5. The molecule has 1 fully saturated rings. The predicted octanol–water partition coefficient (Wildman–Crippen LogP) is 3.61. The number of ether oxygens (including phenoxy) is 2. The van der Waals surface area contributed by atoms with Crippen LogP contribution in [-0.4, -0.2) is 42.7 Å². The van der Waals surface area contributed by atoms with Crippen LogP contribution in [0.4, 0.5) is 5.69 Å². The first-order valence-corrected chi connectivity index (χ1v) is 9.38. The van der Waals surface area contributed by atoms with Gasteiger partial charge in [-0.15, -0.1) is 0 Å². The number of likely N-dealkylation sites (N-methyl/N-ethyl adjacent to an activating group) is 1. The Morgan fingerprint density at radius 2 is 1.90 bits per heavy atom. The van der Waals surface area contributed by atoms with E-state index >= 15 is 0 Å². The van der Waals surface area contributed by atoms with Crippen LogP contribution >= 0.6 is 11.8 Å². The molecule has 0 radical (unpaired) electrons. The zero-order valence-electron chi connectivity index (χ0n) is 15.8. The Morgan fingerprint density at radius 3 is 2.52 bits per heavy atom. The number of esters is 1. The Kier molecular flexibility index (Phi) is 6.32. The van der Waals surface area contributed by atoms with Crippen LogP contribution in [0.5, 0.6) is 5.75 Å². The highest BCUT2D eigenvalue weighted by atomic mass is 32.2. The average molecular weight is 407 g/mol. The summed E-state index contributed by atoms with van der Waals surface area (Å²) < 4.78 is 9.90. The number of carbonyl (C=O) groups excluding carboxylic acids is 2. The largest absolute Gasteiger partial charge is 0.479 e. The first-order chi connectivity index (χ1) is 14.0. The molecule has 1 aliphatic rings. The van der Waals surface area contributed by atoms with Gasteiger partial charge in [0.05, 0.1) is 23.3 Å². The van der Waals surface area contributed by atoms with Crippen LogP contribution in [0.3, 0.4) is 0 Å². The predicted molar refractivity (Wildman–Crippen MR) is 111 cm³/mol. The van der Waals surface area contributed by atoms with Crippen LogP contribution in [0.15, 0.2) is 58.4 Å². The zero-order valence-corrected chi connectivity index (χ0v) is 16.6. The third-order valence-electron chi connectivity index (χ3n) is 4.00. The quantitative estimate of drug-likeness (QED) is 0.555. The number of thioether (sulfide) groups is 1. The van der Waals surface area contributed by atoms with Gasteiger partial charge in [-0.1, -0.05) is 12.1 Å². The topological polar surface area (TPSA) is 92.0 Å². The van der Waals surface area contributed by atoms with Crippen LogP contribution in [0.2, 0.25) is 0 Å². The van der Waals surface area contributed by atoms with Crippen molar-refractivity contribution in [2.45, 2.75) is 0 Å². The van der Waals surface area contributed by atoms with Crippen molar-refractivity contribution in [3.63, 3.8) is 0 Å². The number of amides is 1. The van der Waals surface area contributed by atoms with E-state index in [1.54, 1.807) is 49.5 Å². The van der Waals surface area contributed by atoms with Gasteiger partial charge < -0.3 is 9.47 Å². The molecule has 0 unspecified atom stereocenters. The van der Waals surface area contributed by atoms with E-state index in [4.69, 9.17) is 10.00 Å². The number of amidine groups is 1. The summed E-state index contributed by atoms with van der Waals surface area (Å²) >= 11 is 1.27. The molecule has 1 saturated heterocycles. The van der Waals surface area contributed by atoms with Crippen LogP contribution in [0.25, 0.3) is 6.08 Å². The Morgan fingerprint density at radius 1 is 1.21 bits per heavy atom. The van der Waals surface area contributed by atoms with E-state index in [1.165, 1.54) is 23.8 Å². The van der Waals surface area contributed by atoms with E-state index in [0.29, 0.717) is 27.1 Å². The summed E-state index contributed by atoms with van der Waals surface area (Å²) in [6.07, 6.45) is 1.78. The summed E-state index contributed by atoms with van der Waals surface area (Å²) in [6.45, 7) is -0.0139. The van der Waals surface area contributed by atoms with Crippen molar-refractivity contribution in [1.82, 2.24) is 4.90 Å². The molecule has 0 atom stereocenters. The molecule has 1 heterocycles. The SMILES string of the molecule is COC(=O)c1ccc(N=C2S/C(=C/c3ccc(OCC#N)cc3)C(=O)N2C)cc1. The second-order valence-electron chi connectivity index (χ2n) is 5.92. The molecule has 0 saturated carbocycles. The van der Waals surface area contributed by atoms with E-state index in [0.717, 1.165) is 5.56 Å². The van der Waals surface area contributed by atoms with Gasteiger partial charge >= 0.3 is 5.97 Å². The first kappa shape index (κ1) is 20.2. The zero-order chi connectivity index (χ0) is 20.8. The van der Waals surface area contributed by atoms with Gasteiger partial charge in [0.25, 0.3) is 5.91 Å². The van der Waals surface area contributed by atoms with Crippen molar-refractivity contribution in [3.05, 3.63) is 64.6 Å². The summed E-state index contributed by atoms with van der Waals surface area (Å²) in [4.78, 5) is 30.6. The number of benzene rings is 2. The Balaban J connectivity index is 1.76. The second-order valence-corrected chi connectivity index (χ2v) is 6.93. The smallest absolute Gasteiger partial charge is 0.337 e. The van der Waals surface area contributed by atoms with Crippen LogP contribution in [0.1, 0.15) is 15.9 Å². The Bertz CT molecular complexity index is 1020. The van der Waals surface area contributed by atoms with Crippen LogP contribution in [0, 0.1) is 11.3 Å². The lowest BCUT2D eigenvalue weighted by Crippen LogP contribution is -2.23. The van der Waals surface area contributed by atoms with Crippen molar-refractivity contribution < 1.29 is 19.1 Å². The fraction of sp³-hybridized carbons (Fsp3) is 0.143. The maximum absolute atomic E-state index is 12.5. The molecule has 7 nitrogen and oxygen atoms in total. The molecule has 0 aromatic heterocycles. The number of methoxy groups -OCH3 is 1. The molecule has 1 amide bonds. The fourth-order valence-corrected chi connectivity index (χ4v) is 3.47. The number of hydrogen-bond donors (Lipinski definition) is 0. The Labute approximate surface area is 172 Å². The molecule has 2 aromatic carbocycles. The van der Waals surface area contributed by atoms with Crippen molar-refractivity contribution in [3.8, 4) is 11.8 Å². The minimum Gasteiger partial charge on any atom is -0.479 e. The van der Waals surface area contributed by atoms with Crippen LogP contribution in [-0.2, 0) is 9.53 Å². The molecule has 29 heavy (non-hydrogen) atoms. The van der Waals surface area contributed by atoms with Crippen molar-refractivity contribution in [2.75, 3.05) is 20.8 Å². The van der Waals surface area contributed by atoms with Gasteiger partial charge in [-0.05, 0) is 59.8 Å². The maximum atomic E-state index is 12.5. The summed E-state index contributed by atoms with van der Waals surface area (Å²) in [5, 5.41) is 9.09. The van der Waals surface area contributed by atoms with E-state index in [9.17, 15) is 9.59 Å². The monoisotopic (exact) mass is 407 g/mol. The van der Waals surface area contributed by atoms with E-state index in [-0.39, 0.29) is 12.5 Å². The molecule has 0 bridgehead atoms. The molecule has 3 rings (SSSR count). The Hall–Kier alpha value is -3.57. The van der Waals surface area contributed by atoms with Gasteiger partial charge in [0.1, 0.15) is 11.8 Å². The lowest BCUT2D eigenvalue weighted by atomic mass is 10.2. The summed E-state index contributed by atoms with van der Waals surface area (Å²) in [5.74, 6) is 0.0274. The van der Waals surface area contributed by atoms with Crippen molar-refractivity contribution in [2.24, 2.45) is 4.99 Å². The molecule has 0 spiro atoms. The normalized spacial score (nSPS) is 16.2. The van der Waals surface area contributed by atoms with Crippen molar-refractivity contribution >= 4 is 40.6 Å². The average Bonchev–Trinajstić information content (AvgIpc) is 3.01. The molecule has 2 aromatic rings. The molecule has 146 valence electrons. The third-order valence-corrected chi connectivity index (χ3v) is 5.06. The third kappa shape index (κ3) is 4.83. The van der Waals surface area contributed by atoms with Gasteiger partial charge in [0, 0.05) is 7.05 Å². The summed E-state index contributed by atoms with van der Waals surface area (Å²) in [6, 6.07) is 15.7. The molecular weight excluding hydrogens is 390 g/mol. The molecule has 1 aliphatic heterocycles. The van der Waals surface area contributed by atoms with Crippen molar-refractivity contribution in [1.29, 1.82) is 5.26 Å². The van der Waals surface area contributed by atoms with Crippen LogP contribution < -0.4 is 4.74 Å². The van der Waals surface area contributed by atoms with Gasteiger partial charge in [0.2, 0.25) is 0 Å². The lowest BCUT2D eigenvalue weighted by Gasteiger charge is -2.07. The van der Waals surface area contributed by atoms with E-state index in [1.807, 2.05) is 18.2 Å². The summed E-state index contributed by atoms with van der Waals surface area (Å²) in [5.41, 5.74) is 1.89. The minimum absolute atomic E-state index is 0.0139. The fourth-order valence-electron chi connectivity index (χ4n) is 2.48. The first-order valence-electron chi connectivity index (χ1n) is 8.56. The van der Waals surface area contributed by atoms with Gasteiger partial charge in [-0.25, -0.2) is 9.79 Å². The van der Waals surface area contributed by atoms with Gasteiger partial charge in [0.15, 0.2) is 11.8 Å². The second kappa shape index (κ2) is 9.08. The number of nitrogens with zero attached hydrogens (tertiary/aromatic N) is 3. The lowest BCUT2D eigenvalue weighted by molar-refractivity contribution is -0.121. The standard InChI is InChI=1S/C21H17N3O4S/c1-24-19(25)18(13-14-3-9-17(10-4-14)28-12-11-22)29-21(24)23-16-7-5-15(6-8-16)20(26)27-2/h3-10,13H,12H2,1-2H3/b18-13+,23-21?. The van der Waals surface area contributed by atoms with Gasteiger partial charge in [-0.3, -0.25) is 9.69 Å². The number of aliphatic imine (C=N–C) groups is 1. The highest BCUT2D eigenvalue weighted by molar-refractivity contribution is 8.18. The summed E-state index contributed by atoms with van der Waals surface area (Å²) in [7, 11) is 2.99. The number of hydrogen-bond acceptors (Lipinski definition) is 7. The minimum atomic E-state index is -0.416. The van der Waals surface area contributed by atoms with E-state index < -0.39 is 5.97 Å².